The van der Waals surface area contributed by atoms with Gasteiger partial charge in [-0.05, 0) is 54.6 Å². The molecule has 1 amide bonds. The zero-order valence-electron chi connectivity index (χ0n) is 17.2. The highest BCUT2D eigenvalue weighted by atomic mass is 35.5. The number of nitro benzene ring substituents is 1. The molecule has 0 N–H and O–H groups in total. The van der Waals surface area contributed by atoms with Gasteiger partial charge < -0.3 is 9.15 Å². The number of nitro groups is 1. The molecule has 0 saturated carbocycles. The Balaban J connectivity index is 1.58. The molecule has 0 radical (unpaired) electrons. The van der Waals surface area contributed by atoms with E-state index in [0.717, 1.165) is 9.79 Å². The number of benzene rings is 3. The molecular formula is C24H15ClN2O5S. The largest absolute Gasteiger partial charge is 0.497 e. The molecule has 164 valence electrons. The van der Waals surface area contributed by atoms with Crippen molar-refractivity contribution in [3.63, 3.8) is 0 Å². The molecule has 33 heavy (non-hydrogen) atoms. The number of para-hydroxylation sites is 1. The van der Waals surface area contributed by atoms with E-state index in [-0.39, 0.29) is 22.8 Å². The summed E-state index contributed by atoms with van der Waals surface area (Å²) in [5, 5.41) is 12.1. The highest BCUT2D eigenvalue weighted by Gasteiger charge is 2.31. The summed E-state index contributed by atoms with van der Waals surface area (Å²) in [6.07, 6.45) is 0. The Hall–Kier alpha value is -3.75. The smallest absolute Gasteiger partial charge is 0.298 e. The monoisotopic (exact) mass is 478 g/mol. The van der Waals surface area contributed by atoms with Crippen molar-refractivity contribution in [3.8, 4) is 17.1 Å². The van der Waals surface area contributed by atoms with Gasteiger partial charge in [0.1, 0.15) is 11.5 Å². The normalized spacial score (nSPS) is 12.1. The van der Waals surface area contributed by atoms with Crippen LogP contribution in [-0.4, -0.2) is 17.9 Å². The molecule has 0 spiro atoms. The summed E-state index contributed by atoms with van der Waals surface area (Å²) in [7, 11) is 1.43. The fraction of sp³-hybridized carbons (Fsp3) is 0.0417. The van der Waals surface area contributed by atoms with Crippen molar-refractivity contribution in [1.82, 2.24) is 0 Å². The maximum Gasteiger partial charge on any atom is 0.298 e. The van der Waals surface area contributed by atoms with Gasteiger partial charge in [-0.3, -0.25) is 19.8 Å². The summed E-state index contributed by atoms with van der Waals surface area (Å²) in [6.45, 7) is 0. The number of halogens is 1. The van der Waals surface area contributed by atoms with Crippen molar-refractivity contribution in [2.75, 3.05) is 12.0 Å². The number of nitrogens with zero attached hydrogens (tertiary/aromatic N) is 2. The highest BCUT2D eigenvalue weighted by Crippen LogP contribution is 2.49. The molecule has 0 fully saturated rings. The van der Waals surface area contributed by atoms with Gasteiger partial charge in [-0.1, -0.05) is 35.5 Å². The zero-order valence-corrected chi connectivity index (χ0v) is 18.7. The second-order valence-corrected chi connectivity index (χ2v) is 8.65. The van der Waals surface area contributed by atoms with Crippen molar-refractivity contribution in [1.29, 1.82) is 0 Å². The number of hydrogen-bond acceptors (Lipinski definition) is 6. The number of fused-ring (bicyclic) bond motifs is 2. The lowest BCUT2D eigenvalue weighted by molar-refractivity contribution is -0.384. The van der Waals surface area contributed by atoms with Gasteiger partial charge in [0.15, 0.2) is 5.76 Å². The van der Waals surface area contributed by atoms with E-state index in [4.69, 9.17) is 20.8 Å². The fourth-order valence-corrected chi connectivity index (χ4v) is 4.86. The Morgan fingerprint density at radius 3 is 2.61 bits per heavy atom. The third-order valence-electron chi connectivity index (χ3n) is 5.17. The predicted octanol–water partition coefficient (Wildman–Crippen LogP) is 6.96. The molecule has 0 atom stereocenters. The third-order valence-corrected chi connectivity index (χ3v) is 6.54. The quantitative estimate of drug-likeness (QED) is 0.233. The molecule has 0 saturated heterocycles. The molecule has 1 aliphatic rings. The van der Waals surface area contributed by atoms with Crippen molar-refractivity contribution in [3.05, 3.63) is 93.7 Å². The van der Waals surface area contributed by atoms with Crippen LogP contribution in [0.1, 0.15) is 10.6 Å². The maximum absolute atomic E-state index is 13.6. The number of anilines is 2. The van der Waals surface area contributed by atoms with Gasteiger partial charge in [-0.15, -0.1) is 0 Å². The molecule has 1 aromatic heterocycles. The molecule has 0 aliphatic carbocycles. The van der Waals surface area contributed by atoms with Crippen LogP contribution in [0.5, 0.6) is 5.75 Å². The minimum atomic E-state index is -0.516. The molecule has 1 aliphatic heterocycles. The van der Waals surface area contributed by atoms with Crippen molar-refractivity contribution < 1.29 is 18.9 Å². The van der Waals surface area contributed by atoms with Crippen LogP contribution in [0.3, 0.4) is 0 Å². The van der Waals surface area contributed by atoms with Gasteiger partial charge in [0.25, 0.3) is 11.6 Å². The standard InChI is InChI=1S/C24H15ClN2O5S/c1-31-15-7-8-16(18(13-15)27(29)30)20-9-10-21(32-20)24(28)26-17-4-2-3-5-22(17)33-23-11-6-14(25)12-19(23)26/h2-13H,1H3. The van der Waals surface area contributed by atoms with Crippen molar-refractivity contribution in [2.45, 2.75) is 9.79 Å². The average molecular weight is 479 g/mol. The minimum Gasteiger partial charge on any atom is -0.497 e. The zero-order chi connectivity index (χ0) is 23.1. The van der Waals surface area contributed by atoms with E-state index < -0.39 is 10.8 Å². The molecule has 7 nitrogen and oxygen atoms in total. The second kappa shape index (κ2) is 8.31. The van der Waals surface area contributed by atoms with E-state index in [0.29, 0.717) is 22.1 Å². The molecular weight excluding hydrogens is 464 g/mol. The van der Waals surface area contributed by atoms with Crippen LogP contribution in [-0.2, 0) is 0 Å². The van der Waals surface area contributed by atoms with E-state index in [9.17, 15) is 14.9 Å². The number of amides is 1. The van der Waals surface area contributed by atoms with Crippen LogP contribution < -0.4 is 9.64 Å². The van der Waals surface area contributed by atoms with Crippen LogP contribution in [0.4, 0.5) is 17.1 Å². The van der Waals surface area contributed by atoms with Crippen LogP contribution in [0.25, 0.3) is 11.3 Å². The number of hydrogen-bond donors (Lipinski definition) is 0. The topological polar surface area (TPSA) is 85.8 Å². The van der Waals surface area contributed by atoms with Gasteiger partial charge in [0, 0.05) is 14.8 Å². The number of rotatable bonds is 4. The van der Waals surface area contributed by atoms with Gasteiger partial charge >= 0.3 is 0 Å². The van der Waals surface area contributed by atoms with E-state index in [2.05, 4.69) is 0 Å². The fourth-order valence-electron chi connectivity index (χ4n) is 3.65. The van der Waals surface area contributed by atoms with E-state index in [1.807, 2.05) is 30.3 Å². The predicted molar refractivity (Wildman–Crippen MR) is 126 cm³/mol. The molecule has 4 aromatic rings. The molecule has 0 unspecified atom stereocenters. The lowest BCUT2D eigenvalue weighted by atomic mass is 10.1. The lowest BCUT2D eigenvalue weighted by Crippen LogP contribution is -2.28. The molecule has 0 bridgehead atoms. The highest BCUT2D eigenvalue weighted by molar-refractivity contribution is 7.99. The Bertz CT molecular complexity index is 1420. The number of carbonyl (C=O) groups is 1. The minimum absolute atomic E-state index is 0.0442. The third kappa shape index (κ3) is 3.73. The molecule has 5 rings (SSSR count). The number of furan rings is 1. The van der Waals surface area contributed by atoms with E-state index in [1.54, 1.807) is 40.9 Å². The summed E-state index contributed by atoms with van der Waals surface area (Å²) in [5.74, 6) is 0.194. The SMILES string of the molecule is COc1ccc(-c2ccc(C(=O)N3c4ccccc4Sc4ccc(Cl)cc43)o2)c([N+](=O)[O-])c1. The Labute approximate surface area is 197 Å². The Morgan fingerprint density at radius 2 is 1.82 bits per heavy atom. The van der Waals surface area contributed by atoms with E-state index in [1.165, 1.54) is 25.3 Å². The van der Waals surface area contributed by atoms with Gasteiger partial charge in [-0.2, -0.15) is 0 Å². The lowest BCUT2D eigenvalue weighted by Gasteiger charge is -2.30. The summed E-state index contributed by atoms with van der Waals surface area (Å²) in [4.78, 5) is 28.0. The van der Waals surface area contributed by atoms with Gasteiger partial charge in [0.2, 0.25) is 0 Å². The van der Waals surface area contributed by atoms with Crippen LogP contribution in [0, 0.1) is 10.1 Å². The number of methoxy groups -OCH3 is 1. The van der Waals surface area contributed by atoms with Crippen LogP contribution >= 0.6 is 23.4 Å². The maximum atomic E-state index is 13.6. The number of carbonyl (C=O) groups excluding carboxylic acids is 1. The van der Waals surface area contributed by atoms with Gasteiger partial charge in [-0.25, -0.2) is 0 Å². The van der Waals surface area contributed by atoms with E-state index >= 15 is 0 Å². The summed E-state index contributed by atoms with van der Waals surface area (Å²) < 4.78 is 10.9. The first-order chi connectivity index (χ1) is 16.0. The van der Waals surface area contributed by atoms with Crippen LogP contribution in [0.2, 0.25) is 5.02 Å². The first-order valence-electron chi connectivity index (χ1n) is 9.80. The first-order valence-corrected chi connectivity index (χ1v) is 11.0. The first kappa shape index (κ1) is 21.1. The molecule has 2 heterocycles. The summed E-state index contributed by atoms with van der Waals surface area (Å²) >= 11 is 7.78. The van der Waals surface area contributed by atoms with Crippen LogP contribution in [0.15, 0.2) is 87.0 Å². The van der Waals surface area contributed by atoms with Crippen molar-refractivity contribution >= 4 is 46.3 Å². The molecule has 3 aromatic carbocycles. The van der Waals surface area contributed by atoms with Crippen molar-refractivity contribution in [2.24, 2.45) is 0 Å². The van der Waals surface area contributed by atoms with Gasteiger partial charge in [0.05, 0.1) is 35.0 Å². The molecule has 9 heteroatoms. The Kier molecular flexibility index (Phi) is 5.32. The summed E-state index contributed by atoms with van der Waals surface area (Å²) in [6, 6.07) is 20.4. The summed E-state index contributed by atoms with van der Waals surface area (Å²) in [5.41, 5.74) is 1.41. The number of ether oxygens (including phenoxy) is 1. The second-order valence-electron chi connectivity index (χ2n) is 7.13. The Morgan fingerprint density at radius 1 is 1.03 bits per heavy atom. The average Bonchev–Trinajstić information content (AvgIpc) is 3.32.